The van der Waals surface area contributed by atoms with Crippen molar-refractivity contribution in [3.05, 3.63) is 28.8 Å². The zero-order valence-electron chi connectivity index (χ0n) is 10.4. The highest BCUT2D eigenvalue weighted by Gasteiger charge is 2.11. The molecule has 0 fully saturated rings. The molecule has 0 radical (unpaired) electrons. The third kappa shape index (κ3) is 4.54. The molecule has 0 spiro atoms. The molecule has 0 aliphatic rings. The van der Waals surface area contributed by atoms with Crippen molar-refractivity contribution < 1.29 is 9.47 Å². The molecule has 4 heteroatoms. The van der Waals surface area contributed by atoms with E-state index in [0.717, 1.165) is 24.2 Å². The highest BCUT2D eigenvalue weighted by atomic mass is 35.5. The highest BCUT2D eigenvalue weighted by molar-refractivity contribution is 6.32. The maximum absolute atomic E-state index is 6.13. The van der Waals surface area contributed by atoms with E-state index in [1.54, 1.807) is 7.11 Å². The lowest BCUT2D eigenvalue weighted by Gasteiger charge is -2.15. The van der Waals surface area contributed by atoms with Crippen LogP contribution in [-0.4, -0.2) is 26.4 Å². The Morgan fingerprint density at radius 1 is 1.35 bits per heavy atom. The molecule has 17 heavy (non-hydrogen) atoms. The van der Waals surface area contributed by atoms with Crippen molar-refractivity contribution in [2.24, 2.45) is 5.73 Å². The smallest absolute Gasteiger partial charge is 0.141 e. The molecule has 0 aromatic heterocycles. The minimum Gasteiger partial charge on any atom is -0.489 e. The summed E-state index contributed by atoms with van der Waals surface area (Å²) in [5.41, 5.74) is 7.01. The van der Waals surface area contributed by atoms with Gasteiger partial charge in [0.05, 0.1) is 11.6 Å². The van der Waals surface area contributed by atoms with Gasteiger partial charge in [-0.1, -0.05) is 30.7 Å². The third-order valence-corrected chi connectivity index (χ3v) is 2.89. The summed E-state index contributed by atoms with van der Waals surface area (Å²) in [6, 6.07) is 5.88. The molecule has 1 atom stereocenters. The molecule has 1 unspecified atom stereocenters. The number of methoxy groups -OCH3 is 1. The van der Waals surface area contributed by atoms with Crippen LogP contribution < -0.4 is 10.5 Å². The van der Waals surface area contributed by atoms with Gasteiger partial charge in [0, 0.05) is 13.2 Å². The van der Waals surface area contributed by atoms with E-state index in [1.165, 1.54) is 0 Å². The molecular weight excluding hydrogens is 238 g/mol. The minimum absolute atomic E-state index is 0.137. The second kappa shape index (κ2) is 7.54. The number of para-hydroxylation sites is 1. The normalized spacial score (nSPS) is 12.5. The number of benzene rings is 1. The minimum atomic E-state index is 0.137. The lowest BCUT2D eigenvalue weighted by atomic mass is 10.0. The Labute approximate surface area is 108 Å². The quantitative estimate of drug-likeness (QED) is 0.764. The standard InChI is InChI=1S/C13H20ClNO2/c1-3-11(15)9-10-5-4-6-12(14)13(10)17-8-7-16-2/h4-6,11H,3,7-9,15H2,1-2H3. The lowest BCUT2D eigenvalue weighted by Crippen LogP contribution is -2.22. The van der Waals surface area contributed by atoms with Crippen molar-refractivity contribution in [1.82, 2.24) is 0 Å². The molecule has 1 aromatic carbocycles. The molecule has 1 rings (SSSR count). The van der Waals surface area contributed by atoms with E-state index in [1.807, 2.05) is 18.2 Å². The van der Waals surface area contributed by atoms with Crippen LogP contribution in [0, 0.1) is 0 Å². The molecule has 0 saturated heterocycles. The van der Waals surface area contributed by atoms with Gasteiger partial charge in [0.1, 0.15) is 12.4 Å². The van der Waals surface area contributed by atoms with Crippen LogP contribution in [0.1, 0.15) is 18.9 Å². The van der Waals surface area contributed by atoms with Crippen LogP contribution in [0.2, 0.25) is 5.02 Å². The maximum Gasteiger partial charge on any atom is 0.141 e. The van der Waals surface area contributed by atoms with Crippen molar-refractivity contribution in [2.45, 2.75) is 25.8 Å². The summed E-state index contributed by atoms with van der Waals surface area (Å²) in [7, 11) is 1.64. The van der Waals surface area contributed by atoms with Crippen LogP contribution in [0.5, 0.6) is 5.75 Å². The molecule has 0 bridgehead atoms. The Bertz CT molecular complexity index is 344. The summed E-state index contributed by atoms with van der Waals surface area (Å²) in [5.74, 6) is 0.732. The van der Waals surface area contributed by atoms with Crippen LogP contribution in [0.15, 0.2) is 18.2 Å². The molecule has 0 heterocycles. The zero-order valence-corrected chi connectivity index (χ0v) is 11.2. The fourth-order valence-corrected chi connectivity index (χ4v) is 1.78. The van der Waals surface area contributed by atoms with Crippen LogP contribution in [-0.2, 0) is 11.2 Å². The third-order valence-electron chi connectivity index (χ3n) is 2.59. The van der Waals surface area contributed by atoms with E-state index in [2.05, 4.69) is 6.92 Å². The molecule has 0 aliphatic heterocycles. The number of hydrogen-bond acceptors (Lipinski definition) is 3. The predicted molar refractivity (Wildman–Crippen MR) is 70.8 cm³/mol. The fourth-order valence-electron chi connectivity index (χ4n) is 1.53. The SMILES string of the molecule is CCC(N)Cc1cccc(Cl)c1OCCOC. The molecule has 0 saturated carbocycles. The average Bonchev–Trinajstić information content (AvgIpc) is 2.32. The Morgan fingerprint density at radius 3 is 2.76 bits per heavy atom. The molecule has 0 amide bonds. The summed E-state index contributed by atoms with van der Waals surface area (Å²) >= 11 is 6.13. The first-order chi connectivity index (χ1) is 8.19. The topological polar surface area (TPSA) is 44.5 Å². The second-order valence-electron chi connectivity index (χ2n) is 3.94. The van der Waals surface area contributed by atoms with Gasteiger partial charge in [0.2, 0.25) is 0 Å². The monoisotopic (exact) mass is 257 g/mol. The van der Waals surface area contributed by atoms with Crippen LogP contribution >= 0.6 is 11.6 Å². The second-order valence-corrected chi connectivity index (χ2v) is 4.35. The Morgan fingerprint density at radius 2 is 2.12 bits per heavy atom. The molecule has 0 aliphatic carbocycles. The van der Waals surface area contributed by atoms with Gasteiger partial charge in [-0.25, -0.2) is 0 Å². The van der Waals surface area contributed by atoms with Gasteiger partial charge in [0.15, 0.2) is 0 Å². The zero-order chi connectivity index (χ0) is 12.7. The van der Waals surface area contributed by atoms with Crippen molar-refractivity contribution in [2.75, 3.05) is 20.3 Å². The number of halogens is 1. The molecule has 3 nitrogen and oxygen atoms in total. The number of ether oxygens (including phenoxy) is 2. The van der Waals surface area contributed by atoms with Gasteiger partial charge in [-0.3, -0.25) is 0 Å². The first-order valence-corrected chi connectivity index (χ1v) is 6.21. The van der Waals surface area contributed by atoms with Gasteiger partial charge in [-0.15, -0.1) is 0 Å². The van der Waals surface area contributed by atoms with Crippen molar-refractivity contribution in [1.29, 1.82) is 0 Å². The molecule has 1 aromatic rings. The summed E-state index contributed by atoms with van der Waals surface area (Å²) in [6.45, 7) is 3.11. The van der Waals surface area contributed by atoms with Gasteiger partial charge >= 0.3 is 0 Å². The Hall–Kier alpha value is -0.770. The van der Waals surface area contributed by atoms with Gasteiger partial charge in [-0.05, 0) is 24.5 Å². The van der Waals surface area contributed by atoms with E-state index in [9.17, 15) is 0 Å². The van der Waals surface area contributed by atoms with Crippen molar-refractivity contribution >= 4 is 11.6 Å². The predicted octanol–water partition coefficient (Wildman–Crippen LogP) is 2.65. The van der Waals surface area contributed by atoms with Crippen LogP contribution in [0.25, 0.3) is 0 Å². The van der Waals surface area contributed by atoms with E-state index in [4.69, 9.17) is 26.8 Å². The van der Waals surface area contributed by atoms with Gasteiger partial charge in [-0.2, -0.15) is 0 Å². The summed E-state index contributed by atoms with van der Waals surface area (Å²) in [6.07, 6.45) is 1.71. The van der Waals surface area contributed by atoms with Crippen LogP contribution in [0.4, 0.5) is 0 Å². The number of hydrogen-bond donors (Lipinski definition) is 1. The van der Waals surface area contributed by atoms with Crippen molar-refractivity contribution in [3.63, 3.8) is 0 Å². The van der Waals surface area contributed by atoms with E-state index in [0.29, 0.717) is 18.2 Å². The highest BCUT2D eigenvalue weighted by Crippen LogP contribution is 2.29. The lowest BCUT2D eigenvalue weighted by molar-refractivity contribution is 0.145. The number of rotatable bonds is 7. The van der Waals surface area contributed by atoms with Crippen molar-refractivity contribution in [3.8, 4) is 5.75 Å². The van der Waals surface area contributed by atoms with Gasteiger partial charge < -0.3 is 15.2 Å². The Kier molecular flexibility index (Phi) is 6.34. The average molecular weight is 258 g/mol. The van der Waals surface area contributed by atoms with Gasteiger partial charge in [0.25, 0.3) is 0 Å². The summed E-state index contributed by atoms with van der Waals surface area (Å²) in [5, 5.41) is 0.627. The van der Waals surface area contributed by atoms with E-state index < -0.39 is 0 Å². The molecular formula is C13H20ClNO2. The maximum atomic E-state index is 6.13. The largest absolute Gasteiger partial charge is 0.489 e. The first kappa shape index (κ1) is 14.3. The van der Waals surface area contributed by atoms with E-state index in [-0.39, 0.29) is 6.04 Å². The number of nitrogens with two attached hydrogens (primary N) is 1. The Balaban J connectivity index is 2.76. The first-order valence-electron chi connectivity index (χ1n) is 5.83. The molecule has 96 valence electrons. The van der Waals surface area contributed by atoms with E-state index >= 15 is 0 Å². The molecule has 2 N–H and O–H groups in total. The summed E-state index contributed by atoms with van der Waals surface area (Å²) in [4.78, 5) is 0. The fraction of sp³-hybridized carbons (Fsp3) is 0.538. The summed E-state index contributed by atoms with van der Waals surface area (Å²) < 4.78 is 10.6. The van der Waals surface area contributed by atoms with Crippen LogP contribution in [0.3, 0.4) is 0 Å².